The minimum absolute atomic E-state index is 1.16. The third-order valence-corrected chi connectivity index (χ3v) is 1.61. The molecule has 0 spiro atoms. The molecule has 0 fully saturated rings. The molecule has 0 heterocycles. The first kappa shape index (κ1) is 25.7. The van der Waals surface area contributed by atoms with Crippen LogP contribution in [0.5, 0.6) is 0 Å². The van der Waals surface area contributed by atoms with E-state index in [1.807, 2.05) is 65.8 Å². The molecule has 0 saturated carbocycles. The second kappa shape index (κ2) is 44.5. The van der Waals surface area contributed by atoms with E-state index >= 15 is 0 Å². The van der Waals surface area contributed by atoms with Crippen LogP contribution in [-0.2, 0) is 0 Å². The van der Waals surface area contributed by atoms with Gasteiger partial charge in [-0.15, -0.1) is 0 Å². The van der Waals surface area contributed by atoms with Crippen molar-refractivity contribution in [3.05, 3.63) is 48.6 Å². The minimum atomic E-state index is 1.16. The van der Waals surface area contributed by atoms with E-state index in [2.05, 4.69) is 38.2 Å². The highest BCUT2D eigenvalue weighted by Gasteiger charge is 1.52. The molecule has 0 rings (SSSR count). The molecule has 0 aromatic rings. The summed E-state index contributed by atoms with van der Waals surface area (Å²) >= 11 is 0. The highest BCUT2D eigenvalue weighted by atomic mass is 13.6. The van der Waals surface area contributed by atoms with Crippen LogP contribution in [0.25, 0.3) is 0 Å². The van der Waals surface area contributed by atoms with Crippen LogP contribution in [0.2, 0.25) is 0 Å². The SMILES string of the molecule is C/C=C/C.C/C=C/CC.C/C=C\C.C/C=C\CC. The summed E-state index contributed by atoms with van der Waals surface area (Å²) in [5, 5.41) is 0. The summed E-state index contributed by atoms with van der Waals surface area (Å²) < 4.78 is 0. The van der Waals surface area contributed by atoms with E-state index in [1.165, 1.54) is 0 Å². The molecule has 0 aliphatic carbocycles. The zero-order chi connectivity index (χ0) is 15.1. The van der Waals surface area contributed by atoms with E-state index in [-0.39, 0.29) is 0 Å². The molecule has 0 aromatic carbocycles. The Morgan fingerprint density at radius 3 is 0.667 bits per heavy atom. The van der Waals surface area contributed by atoms with Crippen molar-refractivity contribution >= 4 is 0 Å². The summed E-state index contributed by atoms with van der Waals surface area (Å²) in [5.41, 5.74) is 0. The highest BCUT2D eigenvalue weighted by Crippen LogP contribution is 1.74. The second-order valence-corrected chi connectivity index (χ2v) is 3.29. The molecular weight excluding hydrogens is 216 g/mol. The Balaban J connectivity index is -0.0000000731. The van der Waals surface area contributed by atoms with E-state index in [0.29, 0.717) is 0 Å². The fraction of sp³-hybridized carbons (Fsp3) is 0.556. The maximum absolute atomic E-state index is 2.12. The normalized spacial score (nSPS) is 9.78. The average molecular weight is 252 g/mol. The van der Waals surface area contributed by atoms with Gasteiger partial charge in [0, 0.05) is 0 Å². The van der Waals surface area contributed by atoms with Gasteiger partial charge in [0.1, 0.15) is 0 Å². The molecule has 0 radical (unpaired) electrons. The summed E-state index contributed by atoms with van der Waals surface area (Å²) in [6.45, 7) is 16.3. The highest BCUT2D eigenvalue weighted by molar-refractivity contribution is 4.74. The van der Waals surface area contributed by atoms with E-state index in [9.17, 15) is 0 Å². The topological polar surface area (TPSA) is 0 Å². The molecule has 18 heavy (non-hydrogen) atoms. The monoisotopic (exact) mass is 252 g/mol. The number of hydrogen-bond donors (Lipinski definition) is 0. The Kier molecular flexibility index (Phi) is 63.6. The van der Waals surface area contributed by atoms with Gasteiger partial charge in [-0.2, -0.15) is 0 Å². The molecule has 0 aliphatic rings. The maximum Gasteiger partial charge on any atom is -0.0379 e. The zero-order valence-electron chi connectivity index (χ0n) is 14.0. The van der Waals surface area contributed by atoms with Crippen LogP contribution < -0.4 is 0 Å². The summed E-state index contributed by atoms with van der Waals surface area (Å²) in [5.74, 6) is 0. The first-order chi connectivity index (χ1) is 8.66. The smallest absolute Gasteiger partial charge is 0.0379 e. The Bertz CT molecular complexity index is 150. The van der Waals surface area contributed by atoms with Crippen molar-refractivity contribution in [2.24, 2.45) is 0 Å². The Morgan fingerprint density at radius 2 is 0.667 bits per heavy atom. The number of allylic oxidation sites excluding steroid dienone is 8. The van der Waals surface area contributed by atoms with Gasteiger partial charge in [0.05, 0.1) is 0 Å². The maximum atomic E-state index is 2.12. The lowest BCUT2D eigenvalue weighted by Gasteiger charge is -1.65. The lowest BCUT2D eigenvalue weighted by molar-refractivity contribution is 1.22. The summed E-state index contributed by atoms with van der Waals surface area (Å²) in [4.78, 5) is 0. The predicted molar refractivity (Wildman–Crippen MR) is 91.2 cm³/mol. The van der Waals surface area contributed by atoms with Crippen LogP contribution >= 0.6 is 0 Å². The van der Waals surface area contributed by atoms with Crippen LogP contribution in [-0.4, -0.2) is 0 Å². The lowest BCUT2D eigenvalue weighted by atomic mass is 10.4. The van der Waals surface area contributed by atoms with Gasteiger partial charge < -0.3 is 0 Å². The predicted octanol–water partition coefficient (Wildman–Crippen LogP) is 7.11. The van der Waals surface area contributed by atoms with Crippen molar-refractivity contribution in [2.75, 3.05) is 0 Å². The zero-order valence-corrected chi connectivity index (χ0v) is 14.0. The first-order valence-electron chi connectivity index (χ1n) is 7.03. The largest absolute Gasteiger partial charge is 0.0919 e. The third-order valence-electron chi connectivity index (χ3n) is 1.61. The minimum Gasteiger partial charge on any atom is -0.0919 e. The van der Waals surface area contributed by atoms with Gasteiger partial charge in [-0.05, 0) is 54.4 Å². The van der Waals surface area contributed by atoms with Gasteiger partial charge in [0.2, 0.25) is 0 Å². The fourth-order valence-corrected chi connectivity index (χ4v) is 0.471. The number of hydrogen-bond acceptors (Lipinski definition) is 0. The van der Waals surface area contributed by atoms with E-state index < -0.39 is 0 Å². The molecule has 0 saturated heterocycles. The molecular formula is C18H36. The van der Waals surface area contributed by atoms with Gasteiger partial charge in [0.15, 0.2) is 0 Å². The van der Waals surface area contributed by atoms with Gasteiger partial charge in [-0.3, -0.25) is 0 Å². The standard InChI is InChI=1S/2C5H10.2C4H8/c2*1-3-5-4-2;2*1-3-4-2/h2*3,5H,4H2,1-2H3;2*3-4H,1-2H3/b5-3+;5-3-;4-3+;4-3-. The van der Waals surface area contributed by atoms with Crippen molar-refractivity contribution in [1.29, 1.82) is 0 Å². The Hall–Kier alpha value is -1.04. The van der Waals surface area contributed by atoms with Crippen molar-refractivity contribution in [3.63, 3.8) is 0 Å². The fourth-order valence-electron chi connectivity index (χ4n) is 0.471. The molecule has 0 atom stereocenters. The van der Waals surface area contributed by atoms with Gasteiger partial charge in [0.25, 0.3) is 0 Å². The molecule has 0 nitrogen and oxygen atoms in total. The summed E-state index contributed by atoms with van der Waals surface area (Å²) in [6, 6.07) is 0. The summed E-state index contributed by atoms with van der Waals surface area (Å²) in [6.07, 6.45) is 18.7. The Labute approximate surface area is 117 Å². The molecule has 0 unspecified atom stereocenters. The number of rotatable bonds is 2. The molecule has 0 aliphatic heterocycles. The molecule has 0 aromatic heterocycles. The van der Waals surface area contributed by atoms with Gasteiger partial charge >= 0.3 is 0 Å². The van der Waals surface area contributed by atoms with Crippen LogP contribution in [0.4, 0.5) is 0 Å². The second-order valence-electron chi connectivity index (χ2n) is 3.29. The van der Waals surface area contributed by atoms with Crippen molar-refractivity contribution in [2.45, 2.75) is 68.2 Å². The molecule has 108 valence electrons. The van der Waals surface area contributed by atoms with E-state index in [0.717, 1.165) is 12.8 Å². The van der Waals surface area contributed by atoms with Crippen molar-refractivity contribution in [1.82, 2.24) is 0 Å². The average Bonchev–Trinajstić information content (AvgIpc) is 2.42. The summed E-state index contributed by atoms with van der Waals surface area (Å²) in [7, 11) is 0. The van der Waals surface area contributed by atoms with Gasteiger partial charge in [-0.1, -0.05) is 62.5 Å². The van der Waals surface area contributed by atoms with Crippen LogP contribution in [0, 0.1) is 0 Å². The molecule has 0 heteroatoms. The molecule has 0 amide bonds. The van der Waals surface area contributed by atoms with E-state index in [1.54, 1.807) is 0 Å². The Morgan fingerprint density at radius 1 is 0.444 bits per heavy atom. The van der Waals surface area contributed by atoms with Crippen molar-refractivity contribution < 1.29 is 0 Å². The molecule has 0 N–H and O–H groups in total. The van der Waals surface area contributed by atoms with E-state index in [4.69, 9.17) is 0 Å². The van der Waals surface area contributed by atoms with Crippen molar-refractivity contribution in [3.8, 4) is 0 Å². The van der Waals surface area contributed by atoms with Crippen LogP contribution in [0.1, 0.15) is 68.2 Å². The quantitative estimate of drug-likeness (QED) is 0.459. The lowest BCUT2D eigenvalue weighted by Crippen LogP contribution is -1.43. The third kappa shape index (κ3) is 119. The molecule has 0 bridgehead atoms. The first-order valence-corrected chi connectivity index (χ1v) is 7.03. The van der Waals surface area contributed by atoms with Crippen LogP contribution in [0.15, 0.2) is 48.6 Å². The van der Waals surface area contributed by atoms with Gasteiger partial charge in [-0.25, -0.2) is 0 Å². The van der Waals surface area contributed by atoms with Crippen LogP contribution in [0.3, 0.4) is 0 Å².